The molecule has 1 aliphatic carbocycles. The van der Waals surface area contributed by atoms with Crippen LogP contribution in [0.4, 0.5) is 0 Å². The van der Waals surface area contributed by atoms with Crippen LogP contribution in [-0.4, -0.2) is 23.9 Å². The molecule has 122 valence electrons. The first-order valence-electron chi connectivity index (χ1n) is 8.55. The summed E-state index contributed by atoms with van der Waals surface area (Å²) in [7, 11) is 0. The zero-order valence-electron chi connectivity index (χ0n) is 14.1. The molecule has 4 nitrogen and oxygen atoms in total. The van der Waals surface area contributed by atoms with Gasteiger partial charge in [-0.1, -0.05) is 27.7 Å². The first-order valence-corrected chi connectivity index (χ1v) is 8.55. The van der Waals surface area contributed by atoms with Crippen LogP contribution in [0, 0.1) is 11.8 Å². The molecule has 1 rings (SSSR count). The van der Waals surface area contributed by atoms with Crippen molar-refractivity contribution >= 4 is 11.8 Å². The molecule has 0 unspecified atom stereocenters. The van der Waals surface area contributed by atoms with E-state index < -0.39 is 0 Å². The molecule has 1 aliphatic rings. The van der Waals surface area contributed by atoms with E-state index in [-0.39, 0.29) is 29.8 Å². The molecule has 0 radical (unpaired) electrons. The van der Waals surface area contributed by atoms with Crippen molar-refractivity contribution < 1.29 is 9.59 Å². The molecule has 2 amide bonds. The smallest absolute Gasteiger partial charge is 0.223 e. The maximum absolute atomic E-state index is 12.1. The highest BCUT2D eigenvalue weighted by Gasteiger charge is 2.25. The van der Waals surface area contributed by atoms with E-state index in [1.165, 1.54) is 0 Å². The second-order valence-electron chi connectivity index (χ2n) is 6.74. The molecule has 1 saturated carbocycles. The Morgan fingerprint density at radius 3 is 1.86 bits per heavy atom. The van der Waals surface area contributed by atoms with Gasteiger partial charge in [0.15, 0.2) is 0 Å². The summed E-state index contributed by atoms with van der Waals surface area (Å²) >= 11 is 0. The molecule has 0 saturated heterocycles. The lowest BCUT2D eigenvalue weighted by molar-refractivity contribution is -0.126. The SMILES string of the molecule is CCC(CC)C(=O)NC1CCC(NC(=O)CC(C)C)CC1. The van der Waals surface area contributed by atoms with Gasteiger partial charge in [0.1, 0.15) is 0 Å². The van der Waals surface area contributed by atoms with Crippen LogP contribution in [-0.2, 0) is 9.59 Å². The molecule has 2 N–H and O–H groups in total. The summed E-state index contributed by atoms with van der Waals surface area (Å²) in [6.45, 7) is 8.25. The Bertz CT molecular complexity index is 330. The number of nitrogens with one attached hydrogen (secondary N) is 2. The van der Waals surface area contributed by atoms with Crippen LogP contribution in [0.5, 0.6) is 0 Å². The van der Waals surface area contributed by atoms with Crippen LogP contribution in [0.2, 0.25) is 0 Å². The lowest BCUT2D eigenvalue weighted by Crippen LogP contribution is -2.45. The summed E-state index contributed by atoms with van der Waals surface area (Å²) in [5.74, 6) is 0.913. The van der Waals surface area contributed by atoms with E-state index in [0.29, 0.717) is 12.3 Å². The molecular weight excluding hydrogens is 264 g/mol. The standard InChI is InChI=1S/C17H32N2O2/c1-5-13(6-2)17(21)19-15-9-7-14(8-10-15)18-16(20)11-12(3)4/h12-15H,5-11H2,1-4H3,(H,18,20)(H,19,21). The molecule has 0 aromatic rings. The van der Waals surface area contributed by atoms with Crippen molar-refractivity contribution in [1.82, 2.24) is 10.6 Å². The molecule has 0 bridgehead atoms. The number of carbonyl (C=O) groups is 2. The van der Waals surface area contributed by atoms with E-state index in [1.54, 1.807) is 0 Å². The van der Waals surface area contributed by atoms with E-state index in [0.717, 1.165) is 38.5 Å². The second kappa shape index (κ2) is 9.06. The third kappa shape index (κ3) is 6.49. The van der Waals surface area contributed by atoms with Crippen LogP contribution < -0.4 is 10.6 Å². The molecule has 0 spiro atoms. The highest BCUT2D eigenvalue weighted by atomic mass is 16.2. The van der Waals surface area contributed by atoms with E-state index in [9.17, 15) is 9.59 Å². The number of carbonyl (C=O) groups excluding carboxylic acids is 2. The fourth-order valence-electron chi connectivity index (χ4n) is 3.02. The minimum Gasteiger partial charge on any atom is -0.353 e. The maximum Gasteiger partial charge on any atom is 0.223 e. The highest BCUT2D eigenvalue weighted by Crippen LogP contribution is 2.20. The topological polar surface area (TPSA) is 58.2 Å². The van der Waals surface area contributed by atoms with E-state index in [1.807, 2.05) is 0 Å². The third-order valence-corrected chi connectivity index (χ3v) is 4.39. The maximum atomic E-state index is 12.1. The number of hydrogen-bond acceptors (Lipinski definition) is 2. The molecule has 0 aromatic carbocycles. The van der Waals surface area contributed by atoms with E-state index >= 15 is 0 Å². The normalized spacial score (nSPS) is 22.4. The molecule has 1 fully saturated rings. The van der Waals surface area contributed by atoms with E-state index in [4.69, 9.17) is 0 Å². The van der Waals surface area contributed by atoms with Gasteiger partial charge < -0.3 is 10.6 Å². The number of amides is 2. The van der Waals surface area contributed by atoms with Crippen LogP contribution in [0.3, 0.4) is 0 Å². The summed E-state index contributed by atoms with van der Waals surface area (Å²) < 4.78 is 0. The largest absolute Gasteiger partial charge is 0.353 e. The first-order chi connectivity index (χ1) is 9.96. The van der Waals surface area contributed by atoms with Gasteiger partial charge in [-0.25, -0.2) is 0 Å². The van der Waals surface area contributed by atoms with Crippen molar-refractivity contribution in [3.05, 3.63) is 0 Å². The average molecular weight is 296 g/mol. The highest BCUT2D eigenvalue weighted by molar-refractivity contribution is 5.79. The first kappa shape index (κ1) is 18.0. The fourth-order valence-corrected chi connectivity index (χ4v) is 3.02. The summed E-state index contributed by atoms with van der Waals surface area (Å²) in [5, 5.41) is 6.29. The minimum atomic E-state index is 0.147. The van der Waals surface area contributed by atoms with Crippen LogP contribution in [0.25, 0.3) is 0 Å². The van der Waals surface area contributed by atoms with Crippen molar-refractivity contribution in [2.75, 3.05) is 0 Å². The number of rotatable bonds is 7. The lowest BCUT2D eigenvalue weighted by Gasteiger charge is -2.30. The van der Waals surface area contributed by atoms with Crippen LogP contribution >= 0.6 is 0 Å². The van der Waals surface area contributed by atoms with E-state index in [2.05, 4.69) is 38.3 Å². The fraction of sp³-hybridized carbons (Fsp3) is 0.882. The molecule has 4 heteroatoms. The zero-order chi connectivity index (χ0) is 15.8. The summed E-state index contributed by atoms with van der Waals surface area (Å²) in [5.41, 5.74) is 0. The summed E-state index contributed by atoms with van der Waals surface area (Å²) in [4.78, 5) is 23.8. The predicted molar refractivity (Wildman–Crippen MR) is 85.9 cm³/mol. The van der Waals surface area contributed by atoms with Gasteiger partial charge in [-0.2, -0.15) is 0 Å². The third-order valence-electron chi connectivity index (χ3n) is 4.39. The predicted octanol–water partition coefficient (Wildman–Crippen LogP) is 3.01. The van der Waals surface area contributed by atoms with Crippen molar-refractivity contribution in [3.63, 3.8) is 0 Å². The lowest BCUT2D eigenvalue weighted by atomic mass is 9.90. The molecular formula is C17H32N2O2. The summed E-state index contributed by atoms with van der Waals surface area (Å²) in [6.07, 6.45) is 6.30. The molecule has 0 atom stereocenters. The Labute approximate surface area is 129 Å². The van der Waals surface area contributed by atoms with Gasteiger partial charge in [0.2, 0.25) is 11.8 Å². The zero-order valence-corrected chi connectivity index (χ0v) is 14.1. The molecule has 0 aromatic heterocycles. The van der Waals surface area contributed by atoms with Gasteiger partial charge in [-0.15, -0.1) is 0 Å². The second-order valence-corrected chi connectivity index (χ2v) is 6.74. The van der Waals surface area contributed by atoms with Gasteiger partial charge in [0.05, 0.1) is 0 Å². The van der Waals surface area contributed by atoms with Gasteiger partial charge in [0.25, 0.3) is 0 Å². The van der Waals surface area contributed by atoms with Crippen molar-refractivity contribution in [2.24, 2.45) is 11.8 Å². The molecule has 0 heterocycles. The quantitative estimate of drug-likeness (QED) is 0.758. The monoisotopic (exact) mass is 296 g/mol. The Morgan fingerprint density at radius 2 is 1.43 bits per heavy atom. The van der Waals surface area contributed by atoms with Crippen molar-refractivity contribution in [1.29, 1.82) is 0 Å². The minimum absolute atomic E-state index is 0.147. The summed E-state index contributed by atoms with van der Waals surface area (Å²) in [6, 6.07) is 0.578. The molecule has 0 aliphatic heterocycles. The van der Waals surface area contributed by atoms with Crippen LogP contribution in [0.1, 0.15) is 72.6 Å². The van der Waals surface area contributed by atoms with Crippen LogP contribution in [0.15, 0.2) is 0 Å². The Hall–Kier alpha value is -1.06. The Balaban J connectivity index is 2.29. The Morgan fingerprint density at radius 1 is 0.952 bits per heavy atom. The molecule has 21 heavy (non-hydrogen) atoms. The Kier molecular flexibility index (Phi) is 7.76. The van der Waals surface area contributed by atoms with Gasteiger partial charge in [-0.05, 0) is 44.4 Å². The van der Waals surface area contributed by atoms with Crippen molar-refractivity contribution in [2.45, 2.75) is 84.7 Å². The number of hydrogen-bond donors (Lipinski definition) is 2. The van der Waals surface area contributed by atoms with Gasteiger partial charge in [0, 0.05) is 24.4 Å². The van der Waals surface area contributed by atoms with Gasteiger partial charge in [-0.3, -0.25) is 9.59 Å². The van der Waals surface area contributed by atoms with Gasteiger partial charge >= 0.3 is 0 Å². The average Bonchev–Trinajstić information content (AvgIpc) is 2.41. The van der Waals surface area contributed by atoms with Crippen molar-refractivity contribution in [3.8, 4) is 0 Å².